The zero-order valence-electron chi connectivity index (χ0n) is 7.94. The normalized spacial score (nSPS) is 10.6. The molecule has 0 amide bonds. The van der Waals surface area contributed by atoms with Crippen molar-refractivity contribution in [2.45, 2.75) is 6.42 Å². The summed E-state index contributed by atoms with van der Waals surface area (Å²) in [5.74, 6) is -1.00. The van der Waals surface area contributed by atoms with Crippen molar-refractivity contribution >= 4 is 40.2 Å². The molecule has 0 spiro atoms. The molecule has 1 heterocycles. The lowest BCUT2D eigenvalue weighted by molar-refractivity contribution is -0.136. The number of hydrogen-bond acceptors (Lipinski definition) is 3. The number of halogens is 2. The molecule has 4 nitrogen and oxygen atoms in total. The molecule has 1 N–H and O–H groups in total. The highest BCUT2D eigenvalue weighted by atomic mass is 35.5. The molecule has 6 heteroatoms. The first-order valence-electron chi connectivity index (χ1n) is 4.40. The molecule has 0 atom stereocenters. The Labute approximate surface area is 101 Å². The predicted molar refractivity (Wildman–Crippen MR) is 60.9 cm³/mol. The van der Waals surface area contributed by atoms with Gasteiger partial charge in [0, 0.05) is 5.02 Å². The van der Waals surface area contributed by atoms with Crippen LogP contribution in [0.5, 0.6) is 0 Å². The molecule has 0 aliphatic rings. The van der Waals surface area contributed by atoms with Gasteiger partial charge in [-0.1, -0.05) is 23.2 Å². The van der Waals surface area contributed by atoms with Crippen LogP contribution in [0.2, 0.25) is 10.2 Å². The standard InChI is InChI=1S/C10H6Cl2N2O2/c11-5-1-2-6-7(3-5)13-8(4-9(15)16)10(12)14-6/h1-3H,4H2,(H,15,16). The summed E-state index contributed by atoms with van der Waals surface area (Å²) in [6, 6.07) is 4.97. The van der Waals surface area contributed by atoms with Gasteiger partial charge in [0.2, 0.25) is 0 Å². The average molecular weight is 257 g/mol. The maximum Gasteiger partial charge on any atom is 0.309 e. The maximum atomic E-state index is 10.6. The van der Waals surface area contributed by atoms with Crippen molar-refractivity contribution < 1.29 is 9.90 Å². The van der Waals surface area contributed by atoms with Crippen molar-refractivity contribution in [3.8, 4) is 0 Å². The SMILES string of the molecule is O=C(O)Cc1nc2cc(Cl)ccc2nc1Cl. The number of carbonyl (C=O) groups is 1. The van der Waals surface area contributed by atoms with Gasteiger partial charge in [0.1, 0.15) is 0 Å². The summed E-state index contributed by atoms with van der Waals surface area (Å²) < 4.78 is 0. The van der Waals surface area contributed by atoms with Crippen LogP contribution >= 0.6 is 23.2 Å². The molecule has 0 aliphatic heterocycles. The molecule has 0 aliphatic carbocycles. The molecule has 0 radical (unpaired) electrons. The van der Waals surface area contributed by atoms with Crippen LogP contribution in [-0.4, -0.2) is 21.0 Å². The Morgan fingerprint density at radius 3 is 2.69 bits per heavy atom. The van der Waals surface area contributed by atoms with Gasteiger partial charge < -0.3 is 5.11 Å². The lowest BCUT2D eigenvalue weighted by Crippen LogP contribution is -2.04. The van der Waals surface area contributed by atoms with Gasteiger partial charge in [0.05, 0.1) is 23.1 Å². The van der Waals surface area contributed by atoms with E-state index in [0.717, 1.165) is 0 Å². The van der Waals surface area contributed by atoms with Crippen LogP contribution in [0, 0.1) is 0 Å². The predicted octanol–water partition coefficient (Wildman–Crippen LogP) is 2.56. The Hall–Kier alpha value is -1.39. The minimum Gasteiger partial charge on any atom is -0.481 e. The average Bonchev–Trinajstić information content (AvgIpc) is 2.19. The van der Waals surface area contributed by atoms with Gasteiger partial charge in [0.25, 0.3) is 0 Å². The van der Waals surface area contributed by atoms with Gasteiger partial charge in [-0.15, -0.1) is 0 Å². The molecule has 82 valence electrons. The molecule has 0 saturated carbocycles. The molecule has 16 heavy (non-hydrogen) atoms. The smallest absolute Gasteiger partial charge is 0.309 e. The third kappa shape index (κ3) is 2.23. The number of benzene rings is 1. The first-order valence-corrected chi connectivity index (χ1v) is 5.15. The minimum absolute atomic E-state index is 0.109. The number of carboxylic acids is 1. The van der Waals surface area contributed by atoms with Gasteiger partial charge in [-0.25, -0.2) is 9.97 Å². The first kappa shape index (κ1) is 11.1. The fourth-order valence-corrected chi connectivity index (χ4v) is 1.66. The molecule has 1 aromatic carbocycles. The van der Waals surface area contributed by atoms with E-state index in [1.807, 2.05) is 0 Å². The topological polar surface area (TPSA) is 63.1 Å². The van der Waals surface area contributed by atoms with Crippen LogP contribution in [0.1, 0.15) is 5.69 Å². The Balaban J connectivity index is 2.59. The quantitative estimate of drug-likeness (QED) is 0.897. The van der Waals surface area contributed by atoms with E-state index in [9.17, 15) is 4.79 Å². The molecule has 0 unspecified atom stereocenters. The Bertz CT molecular complexity index is 572. The van der Waals surface area contributed by atoms with Crippen LogP contribution in [0.25, 0.3) is 11.0 Å². The van der Waals surface area contributed by atoms with Gasteiger partial charge >= 0.3 is 5.97 Å². The van der Waals surface area contributed by atoms with Crippen LogP contribution in [-0.2, 0) is 11.2 Å². The molecule has 0 bridgehead atoms. The fourth-order valence-electron chi connectivity index (χ4n) is 1.30. The monoisotopic (exact) mass is 256 g/mol. The molecule has 2 aromatic rings. The Kier molecular flexibility index (Phi) is 2.94. The van der Waals surface area contributed by atoms with E-state index < -0.39 is 5.97 Å². The summed E-state index contributed by atoms with van der Waals surface area (Å²) in [5.41, 5.74) is 1.36. The second-order valence-electron chi connectivity index (χ2n) is 3.16. The fraction of sp³-hybridized carbons (Fsp3) is 0.100. The van der Waals surface area contributed by atoms with Gasteiger partial charge in [-0.2, -0.15) is 0 Å². The Morgan fingerprint density at radius 1 is 1.25 bits per heavy atom. The lowest BCUT2D eigenvalue weighted by Gasteiger charge is -2.03. The second-order valence-corrected chi connectivity index (χ2v) is 3.96. The summed E-state index contributed by atoms with van der Waals surface area (Å²) in [6.07, 6.45) is -0.256. The number of aromatic nitrogens is 2. The van der Waals surface area contributed by atoms with Crippen molar-refractivity contribution in [3.63, 3.8) is 0 Å². The van der Waals surface area contributed by atoms with Crippen LogP contribution in [0.15, 0.2) is 18.2 Å². The number of rotatable bonds is 2. The van der Waals surface area contributed by atoms with Gasteiger partial charge in [-0.3, -0.25) is 4.79 Å². The highest BCUT2D eigenvalue weighted by molar-refractivity contribution is 6.31. The third-order valence-corrected chi connectivity index (χ3v) is 2.51. The van der Waals surface area contributed by atoms with E-state index >= 15 is 0 Å². The third-order valence-electron chi connectivity index (χ3n) is 1.97. The number of nitrogens with zero attached hydrogens (tertiary/aromatic N) is 2. The number of fused-ring (bicyclic) bond motifs is 1. The van der Waals surface area contributed by atoms with Crippen molar-refractivity contribution in [3.05, 3.63) is 34.1 Å². The van der Waals surface area contributed by atoms with Crippen molar-refractivity contribution in [1.82, 2.24) is 9.97 Å². The maximum absolute atomic E-state index is 10.6. The van der Waals surface area contributed by atoms with Crippen LogP contribution in [0.3, 0.4) is 0 Å². The van der Waals surface area contributed by atoms with E-state index in [1.54, 1.807) is 18.2 Å². The highest BCUT2D eigenvalue weighted by Gasteiger charge is 2.10. The highest BCUT2D eigenvalue weighted by Crippen LogP contribution is 2.20. The summed E-state index contributed by atoms with van der Waals surface area (Å²) in [5, 5.41) is 9.29. The summed E-state index contributed by atoms with van der Waals surface area (Å²) in [4.78, 5) is 18.7. The van der Waals surface area contributed by atoms with Crippen LogP contribution in [0.4, 0.5) is 0 Å². The van der Waals surface area contributed by atoms with E-state index in [1.165, 1.54) is 0 Å². The van der Waals surface area contributed by atoms with Crippen molar-refractivity contribution in [2.24, 2.45) is 0 Å². The lowest BCUT2D eigenvalue weighted by atomic mass is 10.2. The van der Waals surface area contributed by atoms with E-state index in [2.05, 4.69) is 9.97 Å². The van der Waals surface area contributed by atoms with E-state index in [0.29, 0.717) is 16.1 Å². The van der Waals surface area contributed by atoms with Gasteiger partial charge in [-0.05, 0) is 18.2 Å². The molecule has 0 fully saturated rings. The second kappa shape index (κ2) is 4.23. The molecular formula is C10H6Cl2N2O2. The van der Waals surface area contributed by atoms with Crippen LogP contribution < -0.4 is 0 Å². The Morgan fingerprint density at radius 2 is 2.00 bits per heavy atom. The molecule has 0 saturated heterocycles. The van der Waals surface area contributed by atoms with Gasteiger partial charge in [0.15, 0.2) is 5.15 Å². The largest absolute Gasteiger partial charge is 0.481 e. The molecular weight excluding hydrogens is 251 g/mol. The van der Waals surface area contributed by atoms with Crippen molar-refractivity contribution in [2.75, 3.05) is 0 Å². The van der Waals surface area contributed by atoms with E-state index in [4.69, 9.17) is 28.3 Å². The number of hydrogen-bond donors (Lipinski definition) is 1. The summed E-state index contributed by atoms with van der Waals surface area (Å²) in [6.45, 7) is 0. The summed E-state index contributed by atoms with van der Waals surface area (Å²) >= 11 is 11.6. The molecule has 2 rings (SSSR count). The molecule has 1 aromatic heterocycles. The zero-order valence-corrected chi connectivity index (χ0v) is 9.46. The first-order chi connectivity index (χ1) is 7.56. The number of carboxylic acid groups (broad SMARTS) is 1. The van der Waals surface area contributed by atoms with E-state index in [-0.39, 0.29) is 17.3 Å². The van der Waals surface area contributed by atoms with Crippen molar-refractivity contribution in [1.29, 1.82) is 0 Å². The zero-order chi connectivity index (χ0) is 11.7. The minimum atomic E-state index is -1.00. The summed E-state index contributed by atoms with van der Waals surface area (Å²) in [7, 11) is 0. The number of aliphatic carboxylic acids is 1.